The lowest BCUT2D eigenvalue weighted by molar-refractivity contribution is -0.00519. The molecule has 0 unspecified atom stereocenters. The number of carbonyl (C=O) groups is 1. The highest BCUT2D eigenvalue weighted by atomic mass is 16.5. The van der Waals surface area contributed by atoms with Crippen LogP contribution in [0.2, 0.25) is 0 Å². The number of benzene rings is 2. The molecule has 4 aliphatic rings. The average Bonchev–Trinajstić information content (AvgIpc) is 2.63. The summed E-state index contributed by atoms with van der Waals surface area (Å²) in [6.07, 6.45) is 8.48. The molecule has 0 saturated heterocycles. The van der Waals surface area contributed by atoms with Crippen LogP contribution in [0, 0.1) is 31.6 Å². The van der Waals surface area contributed by atoms with Crippen molar-refractivity contribution in [3.8, 4) is 5.75 Å². The Kier molecular flexibility index (Phi) is 3.93. The van der Waals surface area contributed by atoms with Crippen molar-refractivity contribution in [2.45, 2.75) is 57.8 Å². The predicted octanol–water partition coefficient (Wildman–Crippen LogP) is 5.99. The number of ether oxygens (including phenoxy) is 1. The zero-order valence-corrected chi connectivity index (χ0v) is 16.3. The Bertz CT molecular complexity index is 842. The van der Waals surface area contributed by atoms with Gasteiger partial charge in [-0.25, -0.2) is 4.79 Å². The third-order valence-electron chi connectivity index (χ3n) is 7.46. The van der Waals surface area contributed by atoms with Gasteiger partial charge in [0.25, 0.3) is 0 Å². The Morgan fingerprint density at radius 2 is 1.44 bits per heavy atom. The fourth-order valence-electron chi connectivity index (χ4n) is 6.38. The third kappa shape index (κ3) is 2.99. The van der Waals surface area contributed by atoms with Gasteiger partial charge in [-0.05, 0) is 116 Å². The summed E-state index contributed by atoms with van der Waals surface area (Å²) in [5, 5.41) is 0. The maximum Gasteiger partial charge on any atom is 0.343 e. The molecule has 0 aliphatic heterocycles. The van der Waals surface area contributed by atoms with Crippen LogP contribution in [-0.2, 0) is 5.41 Å². The molecule has 2 nitrogen and oxygen atoms in total. The number of esters is 1. The Balaban J connectivity index is 1.33. The van der Waals surface area contributed by atoms with E-state index < -0.39 is 0 Å². The van der Waals surface area contributed by atoms with E-state index in [4.69, 9.17) is 4.74 Å². The van der Waals surface area contributed by atoms with Crippen LogP contribution in [0.1, 0.15) is 65.6 Å². The standard InChI is InChI=1S/C25H28O2/c1-16-3-4-21(9-17(16)2)24(26)27-23-7-5-22(6-8-23)25-13-18-10-19(14-25)12-20(11-18)15-25/h3-9,18-20H,10-15H2,1-2H3. The van der Waals surface area contributed by atoms with Crippen LogP contribution in [0.15, 0.2) is 42.5 Å². The second kappa shape index (κ2) is 6.22. The molecule has 0 amide bonds. The van der Waals surface area contributed by atoms with Gasteiger partial charge in [0.05, 0.1) is 5.56 Å². The van der Waals surface area contributed by atoms with Gasteiger partial charge in [-0.15, -0.1) is 0 Å². The Hall–Kier alpha value is -2.09. The summed E-state index contributed by atoms with van der Waals surface area (Å²) < 4.78 is 5.63. The summed E-state index contributed by atoms with van der Waals surface area (Å²) >= 11 is 0. The van der Waals surface area contributed by atoms with Gasteiger partial charge in [0, 0.05) is 0 Å². The van der Waals surface area contributed by atoms with Crippen molar-refractivity contribution in [1.82, 2.24) is 0 Å². The summed E-state index contributed by atoms with van der Waals surface area (Å²) in [4.78, 5) is 12.5. The Morgan fingerprint density at radius 1 is 0.852 bits per heavy atom. The van der Waals surface area contributed by atoms with Crippen LogP contribution in [0.4, 0.5) is 0 Å². The summed E-state index contributed by atoms with van der Waals surface area (Å²) in [5.41, 5.74) is 4.77. The molecule has 0 spiro atoms. The first-order valence-corrected chi connectivity index (χ1v) is 10.4. The molecule has 4 saturated carbocycles. The summed E-state index contributed by atoms with van der Waals surface area (Å²) in [6.45, 7) is 4.07. The molecule has 140 valence electrons. The van der Waals surface area contributed by atoms with Crippen molar-refractivity contribution in [2.24, 2.45) is 17.8 Å². The molecule has 4 fully saturated rings. The highest BCUT2D eigenvalue weighted by molar-refractivity contribution is 5.91. The molecule has 0 radical (unpaired) electrons. The third-order valence-corrected chi connectivity index (χ3v) is 7.46. The molecule has 2 aromatic rings. The minimum Gasteiger partial charge on any atom is -0.423 e. The van der Waals surface area contributed by atoms with Gasteiger partial charge in [-0.1, -0.05) is 18.2 Å². The van der Waals surface area contributed by atoms with Crippen molar-refractivity contribution in [2.75, 3.05) is 0 Å². The largest absolute Gasteiger partial charge is 0.423 e. The average molecular weight is 360 g/mol. The topological polar surface area (TPSA) is 26.3 Å². The van der Waals surface area contributed by atoms with Crippen molar-refractivity contribution >= 4 is 5.97 Å². The van der Waals surface area contributed by atoms with Crippen molar-refractivity contribution in [1.29, 1.82) is 0 Å². The molecule has 0 atom stereocenters. The van der Waals surface area contributed by atoms with E-state index in [-0.39, 0.29) is 5.97 Å². The normalized spacial score (nSPS) is 31.1. The predicted molar refractivity (Wildman–Crippen MR) is 107 cm³/mol. The van der Waals surface area contributed by atoms with Crippen LogP contribution in [0.5, 0.6) is 5.75 Å². The summed E-state index contributed by atoms with van der Waals surface area (Å²) in [5.74, 6) is 3.20. The van der Waals surface area contributed by atoms with E-state index in [0.29, 0.717) is 16.7 Å². The molecular formula is C25H28O2. The first kappa shape index (κ1) is 17.0. The van der Waals surface area contributed by atoms with Gasteiger partial charge in [0.15, 0.2) is 0 Å². The number of rotatable bonds is 3. The second-order valence-electron chi connectivity index (χ2n) is 9.41. The van der Waals surface area contributed by atoms with Gasteiger partial charge >= 0.3 is 5.97 Å². The molecular weight excluding hydrogens is 332 g/mol. The maximum absolute atomic E-state index is 12.5. The lowest BCUT2D eigenvalue weighted by atomic mass is 9.48. The van der Waals surface area contributed by atoms with E-state index in [1.807, 2.05) is 44.2 Å². The number of aryl methyl sites for hydroxylation is 2. The fourth-order valence-corrected chi connectivity index (χ4v) is 6.38. The van der Waals surface area contributed by atoms with Crippen LogP contribution >= 0.6 is 0 Å². The zero-order chi connectivity index (χ0) is 18.6. The lowest BCUT2D eigenvalue weighted by Gasteiger charge is -2.57. The quantitative estimate of drug-likeness (QED) is 0.496. The SMILES string of the molecule is Cc1ccc(C(=O)Oc2ccc(C34CC5CC(CC(C5)C3)C4)cc2)cc1C. The molecule has 0 N–H and O–H groups in total. The second-order valence-corrected chi connectivity index (χ2v) is 9.41. The van der Waals surface area contributed by atoms with E-state index in [1.54, 1.807) is 0 Å². The molecule has 0 heterocycles. The number of hydrogen-bond acceptors (Lipinski definition) is 2. The van der Waals surface area contributed by atoms with Crippen LogP contribution < -0.4 is 4.74 Å². The minimum atomic E-state index is -0.277. The molecule has 0 aromatic heterocycles. The van der Waals surface area contributed by atoms with E-state index >= 15 is 0 Å². The Labute approximate surface area is 161 Å². The first-order valence-electron chi connectivity index (χ1n) is 10.4. The zero-order valence-electron chi connectivity index (χ0n) is 16.3. The molecule has 4 bridgehead atoms. The summed E-state index contributed by atoms with van der Waals surface area (Å²) in [7, 11) is 0. The fraction of sp³-hybridized carbons (Fsp3) is 0.480. The summed E-state index contributed by atoms with van der Waals surface area (Å²) in [6, 6.07) is 14.1. The molecule has 2 heteroatoms. The van der Waals surface area contributed by atoms with Crippen LogP contribution in [-0.4, -0.2) is 5.97 Å². The van der Waals surface area contributed by atoms with E-state index in [1.165, 1.54) is 49.7 Å². The highest BCUT2D eigenvalue weighted by Gasteiger charge is 2.51. The van der Waals surface area contributed by atoms with E-state index in [9.17, 15) is 4.79 Å². The molecule has 4 aliphatic carbocycles. The molecule has 27 heavy (non-hydrogen) atoms. The first-order chi connectivity index (χ1) is 13.0. The highest BCUT2D eigenvalue weighted by Crippen LogP contribution is 2.60. The van der Waals surface area contributed by atoms with Crippen LogP contribution in [0.25, 0.3) is 0 Å². The lowest BCUT2D eigenvalue weighted by Crippen LogP contribution is -2.48. The van der Waals surface area contributed by atoms with Gasteiger partial charge < -0.3 is 4.74 Å². The van der Waals surface area contributed by atoms with Crippen LogP contribution in [0.3, 0.4) is 0 Å². The smallest absolute Gasteiger partial charge is 0.343 e. The van der Waals surface area contributed by atoms with E-state index in [2.05, 4.69) is 12.1 Å². The van der Waals surface area contributed by atoms with Gasteiger partial charge in [-0.3, -0.25) is 0 Å². The van der Waals surface area contributed by atoms with Gasteiger partial charge in [-0.2, -0.15) is 0 Å². The molecule has 2 aromatic carbocycles. The minimum absolute atomic E-state index is 0.277. The van der Waals surface area contributed by atoms with Gasteiger partial charge in [0.2, 0.25) is 0 Å². The Morgan fingerprint density at radius 3 is 2.00 bits per heavy atom. The monoisotopic (exact) mass is 360 g/mol. The van der Waals surface area contributed by atoms with Crippen molar-refractivity contribution in [3.05, 3.63) is 64.7 Å². The maximum atomic E-state index is 12.5. The van der Waals surface area contributed by atoms with Crippen molar-refractivity contribution in [3.63, 3.8) is 0 Å². The van der Waals surface area contributed by atoms with E-state index in [0.717, 1.165) is 23.3 Å². The number of hydrogen-bond donors (Lipinski definition) is 0. The van der Waals surface area contributed by atoms with Crippen molar-refractivity contribution < 1.29 is 9.53 Å². The van der Waals surface area contributed by atoms with Gasteiger partial charge in [0.1, 0.15) is 5.75 Å². The molecule has 6 rings (SSSR count). The number of carbonyl (C=O) groups excluding carboxylic acids is 1.